The summed E-state index contributed by atoms with van der Waals surface area (Å²) in [6.45, 7) is 4.41. The molecular weight excluding hydrogens is 648 g/mol. The van der Waals surface area contributed by atoms with Gasteiger partial charge in [0, 0.05) is 0 Å². The molecule has 4 fully saturated rings. The minimum absolute atomic E-state index is 0.106. The van der Waals surface area contributed by atoms with Gasteiger partial charge in [0.05, 0.1) is 0 Å². The van der Waals surface area contributed by atoms with E-state index in [1.54, 1.807) is 10.6 Å². The molecule has 4 saturated carbocycles. The molecule has 0 saturated heterocycles. The Labute approximate surface area is 258 Å². The molecule has 4 aliphatic rings. The molecule has 0 heterocycles. The van der Waals surface area contributed by atoms with Gasteiger partial charge < -0.3 is 0 Å². The van der Waals surface area contributed by atoms with Crippen LogP contribution in [-0.4, -0.2) is 22.6 Å². The van der Waals surface area contributed by atoms with Crippen LogP contribution in [0.3, 0.4) is 0 Å². The quantitative estimate of drug-likeness (QED) is 0.208. The second-order valence-corrected chi connectivity index (χ2v) is 20.2. The van der Waals surface area contributed by atoms with Crippen LogP contribution in [0.25, 0.3) is 0 Å². The van der Waals surface area contributed by atoms with Crippen molar-refractivity contribution in [1.82, 2.24) is 0 Å². The van der Waals surface area contributed by atoms with Gasteiger partial charge in [0.25, 0.3) is 0 Å². The summed E-state index contributed by atoms with van der Waals surface area (Å²) >= 11 is -0.106. The molecule has 4 aliphatic carbocycles. The third kappa shape index (κ3) is 9.78. The average Bonchev–Trinajstić information content (AvgIpc) is 3.78. The van der Waals surface area contributed by atoms with E-state index in [-0.39, 0.29) is 31.8 Å². The number of aryl methyl sites for hydroxylation is 2. The second-order valence-electron chi connectivity index (χ2n) is 12.3. The van der Waals surface area contributed by atoms with Crippen molar-refractivity contribution in [3.05, 3.63) is 59.7 Å². The first-order chi connectivity index (χ1) is 19.1. The molecule has 220 valence electrons. The fourth-order valence-electron chi connectivity index (χ4n) is 7.60. The van der Waals surface area contributed by atoms with E-state index in [0.717, 1.165) is 22.6 Å². The molecule has 0 radical (unpaired) electrons. The molecule has 2 aromatic carbocycles. The fraction of sp³-hybridized carbons (Fsp3) is 0.647. The van der Waals surface area contributed by atoms with Crippen LogP contribution in [0.5, 0.6) is 0 Å². The van der Waals surface area contributed by atoms with Crippen molar-refractivity contribution >= 4 is 45.5 Å². The molecule has 0 unspecified atom stereocenters. The molecule has 0 amide bonds. The summed E-state index contributed by atoms with van der Waals surface area (Å²) in [4.78, 5) is 0. The van der Waals surface area contributed by atoms with E-state index < -0.39 is 0 Å². The molecule has 0 atom stereocenters. The van der Waals surface area contributed by atoms with Crippen LogP contribution in [0.2, 0.25) is 0 Å². The number of rotatable bonds is 6. The van der Waals surface area contributed by atoms with Gasteiger partial charge in [-0.25, -0.2) is 0 Å². The zero-order valence-electron chi connectivity index (χ0n) is 24.2. The van der Waals surface area contributed by atoms with Crippen LogP contribution in [0.15, 0.2) is 48.5 Å². The Balaban J connectivity index is 0.000000165. The standard InChI is InChI=1S/2C17H25P.2ClH.Pd/c2*1-14-10-12-17(13-11-14)18(15-6-2-3-7-15)16-8-4-5-9-16;;;/h2*10-13,15-16H,2-9H2,1H3;2*1H;/q;;;;+2/p-2. The van der Waals surface area contributed by atoms with Crippen LogP contribution >= 0.6 is 34.9 Å². The molecule has 0 N–H and O–H groups in total. The predicted octanol–water partition coefficient (Wildman–Crippen LogP) is 11.4. The Kier molecular flexibility index (Phi) is 14.7. The van der Waals surface area contributed by atoms with E-state index in [9.17, 15) is 0 Å². The average molecular weight is 698 g/mol. The van der Waals surface area contributed by atoms with Crippen molar-refractivity contribution in [3.63, 3.8) is 0 Å². The molecule has 0 nitrogen and oxygen atoms in total. The zero-order valence-corrected chi connectivity index (χ0v) is 29.1. The van der Waals surface area contributed by atoms with Crippen molar-refractivity contribution in [1.29, 1.82) is 0 Å². The van der Waals surface area contributed by atoms with Crippen LogP contribution in [-0.2, 0) is 15.9 Å². The number of hydrogen-bond donors (Lipinski definition) is 0. The first kappa shape index (κ1) is 32.5. The van der Waals surface area contributed by atoms with Crippen molar-refractivity contribution in [2.24, 2.45) is 0 Å². The fourth-order valence-corrected chi connectivity index (χ4v) is 15.2. The van der Waals surface area contributed by atoms with Crippen molar-refractivity contribution < 1.29 is 15.9 Å². The molecule has 0 spiro atoms. The van der Waals surface area contributed by atoms with Gasteiger partial charge in [-0.2, -0.15) is 0 Å². The summed E-state index contributed by atoms with van der Waals surface area (Å²) in [5.41, 5.74) is 7.01. The monoisotopic (exact) mass is 696 g/mol. The summed E-state index contributed by atoms with van der Waals surface area (Å²) in [5, 5.41) is 3.41. The van der Waals surface area contributed by atoms with Gasteiger partial charge in [-0.15, -0.1) is 0 Å². The topological polar surface area (TPSA) is 0 Å². The van der Waals surface area contributed by atoms with Gasteiger partial charge in [-0.05, 0) is 98.5 Å². The van der Waals surface area contributed by atoms with E-state index in [1.165, 1.54) is 114 Å². The molecule has 0 aromatic heterocycles. The number of benzene rings is 2. The first-order valence-corrected chi connectivity index (χ1v) is 22.6. The van der Waals surface area contributed by atoms with Gasteiger partial charge in [0.15, 0.2) is 0 Å². The van der Waals surface area contributed by atoms with Crippen LogP contribution in [0, 0.1) is 13.8 Å². The molecule has 39 heavy (non-hydrogen) atoms. The van der Waals surface area contributed by atoms with Crippen LogP contribution < -0.4 is 10.6 Å². The van der Waals surface area contributed by atoms with Crippen LogP contribution in [0.1, 0.15) is 114 Å². The number of hydrogen-bond acceptors (Lipinski definition) is 0. The maximum absolute atomic E-state index is 4.81. The van der Waals surface area contributed by atoms with Gasteiger partial charge >= 0.3 is 35.0 Å². The molecule has 5 heteroatoms. The van der Waals surface area contributed by atoms with E-state index in [0.29, 0.717) is 0 Å². The molecular formula is C34H50Cl2P2Pd. The summed E-state index contributed by atoms with van der Waals surface area (Å²) in [5.74, 6) is 0. The Morgan fingerprint density at radius 2 is 0.667 bits per heavy atom. The zero-order chi connectivity index (χ0) is 27.5. The minimum atomic E-state index is -0.106. The first-order valence-electron chi connectivity index (χ1n) is 15.6. The van der Waals surface area contributed by atoms with Crippen molar-refractivity contribution in [2.45, 2.75) is 139 Å². The Hall–Kier alpha value is 0.542. The van der Waals surface area contributed by atoms with Crippen LogP contribution in [0.4, 0.5) is 0 Å². The summed E-state index contributed by atoms with van der Waals surface area (Å²) in [6, 6.07) is 19.1. The molecule has 6 rings (SSSR count). The van der Waals surface area contributed by atoms with Gasteiger partial charge in [-0.1, -0.05) is 127 Å². The Bertz CT molecular complexity index is 817. The molecule has 2 aromatic rings. The van der Waals surface area contributed by atoms with Crippen molar-refractivity contribution in [2.75, 3.05) is 0 Å². The van der Waals surface area contributed by atoms with Gasteiger partial charge in [0.2, 0.25) is 0 Å². The normalized spacial score (nSPS) is 21.0. The van der Waals surface area contributed by atoms with E-state index in [2.05, 4.69) is 62.4 Å². The SMILES string of the molecule is Cc1ccc(P(C2CCCC2)C2CCCC2)cc1.Cc1ccc(P(C2CCCC2)C2CCCC2)cc1.[Cl][Pd][Cl]. The Morgan fingerprint density at radius 1 is 0.462 bits per heavy atom. The van der Waals surface area contributed by atoms with Crippen molar-refractivity contribution in [3.8, 4) is 0 Å². The predicted molar refractivity (Wildman–Crippen MR) is 176 cm³/mol. The Morgan fingerprint density at radius 3 is 0.872 bits per heavy atom. The summed E-state index contributed by atoms with van der Waals surface area (Å²) in [6.07, 6.45) is 24.0. The van der Waals surface area contributed by atoms with E-state index in [1.807, 2.05) is 0 Å². The van der Waals surface area contributed by atoms with Gasteiger partial charge in [0.1, 0.15) is 0 Å². The van der Waals surface area contributed by atoms with Gasteiger partial charge in [-0.3, -0.25) is 0 Å². The van der Waals surface area contributed by atoms with E-state index >= 15 is 0 Å². The number of halogens is 2. The van der Waals surface area contributed by atoms with E-state index in [4.69, 9.17) is 19.1 Å². The third-order valence-corrected chi connectivity index (χ3v) is 16.5. The molecule has 0 aliphatic heterocycles. The molecule has 0 bridgehead atoms. The second kappa shape index (κ2) is 17.6. The third-order valence-electron chi connectivity index (χ3n) is 9.54. The summed E-state index contributed by atoms with van der Waals surface area (Å²) in [7, 11) is 9.89. The maximum atomic E-state index is 4.81. The summed E-state index contributed by atoms with van der Waals surface area (Å²) < 4.78 is 0.